The maximum Gasteiger partial charge on any atom is 0.341 e. The molecule has 0 N–H and O–H groups in total. The van der Waals surface area contributed by atoms with Crippen LogP contribution in [-0.4, -0.2) is 31.1 Å². The molecule has 0 aliphatic heterocycles. The summed E-state index contributed by atoms with van der Waals surface area (Å²) in [6, 6.07) is 11.1. The molecule has 0 bridgehead atoms. The molecule has 1 heterocycles. The van der Waals surface area contributed by atoms with Crippen molar-refractivity contribution < 1.29 is 28.2 Å². The Kier molecular flexibility index (Phi) is 5.54. The van der Waals surface area contributed by atoms with Gasteiger partial charge in [-0.2, -0.15) is 0 Å². The van der Waals surface area contributed by atoms with Crippen molar-refractivity contribution in [2.45, 2.75) is 13.5 Å². The zero-order valence-electron chi connectivity index (χ0n) is 15.6. The van der Waals surface area contributed by atoms with Crippen molar-refractivity contribution >= 4 is 22.8 Å². The van der Waals surface area contributed by atoms with Gasteiger partial charge in [-0.05, 0) is 30.7 Å². The van der Waals surface area contributed by atoms with Gasteiger partial charge in [0.1, 0.15) is 18.2 Å². The predicted molar refractivity (Wildman–Crippen MR) is 99.9 cm³/mol. The number of benzene rings is 2. The molecule has 0 saturated carbocycles. The summed E-state index contributed by atoms with van der Waals surface area (Å²) in [4.78, 5) is 29.0. The van der Waals surface area contributed by atoms with Crippen molar-refractivity contribution in [2.75, 3.05) is 14.2 Å². The van der Waals surface area contributed by atoms with Gasteiger partial charge in [-0.3, -0.25) is 0 Å². The third kappa shape index (κ3) is 3.64. The lowest BCUT2D eigenvalue weighted by molar-refractivity contribution is 0.0450. The third-order valence-corrected chi connectivity index (χ3v) is 4.35. The third-order valence-electron chi connectivity index (χ3n) is 4.35. The Morgan fingerprint density at radius 3 is 2.50 bits per heavy atom. The second-order valence-corrected chi connectivity index (χ2v) is 5.99. The summed E-state index contributed by atoms with van der Waals surface area (Å²) in [6.07, 6.45) is 0. The highest BCUT2D eigenvalue weighted by Crippen LogP contribution is 2.25. The first-order valence-electron chi connectivity index (χ1n) is 8.43. The van der Waals surface area contributed by atoms with E-state index < -0.39 is 17.8 Å². The van der Waals surface area contributed by atoms with E-state index in [0.717, 1.165) is 11.5 Å². The molecule has 1 aromatic heterocycles. The van der Waals surface area contributed by atoms with Gasteiger partial charge in [0, 0.05) is 11.5 Å². The van der Waals surface area contributed by atoms with Crippen molar-refractivity contribution in [3.63, 3.8) is 0 Å². The number of para-hydroxylation sites is 1. The van der Waals surface area contributed by atoms with E-state index in [1.165, 1.54) is 26.4 Å². The fourth-order valence-electron chi connectivity index (χ4n) is 2.92. The highest BCUT2D eigenvalue weighted by Gasteiger charge is 2.21. The monoisotopic (exact) mass is 383 g/mol. The minimum Gasteiger partial charge on any atom is -0.497 e. The Bertz CT molecular complexity index is 1060. The van der Waals surface area contributed by atoms with Gasteiger partial charge >= 0.3 is 11.9 Å². The van der Waals surface area contributed by atoms with Crippen molar-refractivity contribution in [1.29, 1.82) is 0 Å². The van der Waals surface area contributed by atoms with Crippen LogP contribution in [0.1, 0.15) is 32.0 Å². The van der Waals surface area contributed by atoms with E-state index in [4.69, 9.17) is 14.2 Å². The number of rotatable bonds is 5. The second kappa shape index (κ2) is 8.04. The number of aryl methyl sites for hydroxylation is 1. The second-order valence-electron chi connectivity index (χ2n) is 5.99. The molecule has 3 aromatic rings. The number of esters is 2. The predicted octanol–water partition coefficient (Wildman–Crippen LogP) is 3.83. The molecule has 0 radical (unpaired) electrons. The minimum atomic E-state index is -0.872. The van der Waals surface area contributed by atoms with Crippen LogP contribution in [0.3, 0.4) is 0 Å². The first-order chi connectivity index (χ1) is 13.5. The lowest BCUT2D eigenvalue weighted by Crippen LogP contribution is -2.14. The molecule has 0 aliphatic carbocycles. The SMILES string of the molecule is COC(=O)c1c(COC(=O)c2ccc(OC)cc2F)nc2ccccc2c1C. The summed E-state index contributed by atoms with van der Waals surface area (Å²) >= 11 is 0. The van der Waals surface area contributed by atoms with Crippen molar-refractivity contribution in [2.24, 2.45) is 0 Å². The smallest absolute Gasteiger partial charge is 0.341 e. The number of ether oxygens (including phenoxy) is 3. The van der Waals surface area contributed by atoms with Gasteiger partial charge in [0.2, 0.25) is 0 Å². The molecule has 28 heavy (non-hydrogen) atoms. The highest BCUT2D eigenvalue weighted by atomic mass is 19.1. The van der Waals surface area contributed by atoms with Crippen LogP contribution in [0, 0.1) is 12.7 Å². The highest BCUT2D eigenvalue weighted by molar-refractivity contribution is 5.98. The average molecular weight is 383 g/mol. The number of carbonyl (C=O) groups excluding carboxylic acids is 2. The van der Waals surface area contributed by atoms with Crippen LogP contribution in [0.25, 0.3) is 10.9 Å². The van der Waals surface area contributed by atoms with E-state index >= 15 is 0 Å². The fourth-order valence-corrected chi connectivity index (χ4v) is 2.92. The van der Waals surface area contributed by atoms with Gasteiger partial charge in [-0.1, -0.05) is 18.2 Å². The molecule has 3 rings (SSSR count). The summed E-state index contributed by atoms with van der Waals surface area (Å²) in [5.74, 6) is -1.94. The lowest BCUT2D eigenvalue weighted by atomic mass is 10.0. The van der Waals surface area contributed by atoms with E-state index in [1.54, 1.807) is 13.0 Å². The Hall–Kier alpha value is -3.48. The van der Waals surface area contributed by atoms with Crippen LogP contribution in [-0.2, 0) is 16.1 Å². The molecule has 144 valence electrons. The van der Waals surface area contributed by atoms with E-state index in [0.29, 0.717) is 11.1 Å². The summed E-state index contributed by atoms with van der Waals surface area (Å²) in [6.45, 7) is 1.46. The standard InChI is InChI=1S/C21H18FNO5/c1-12-14-6-4-5-7-17(14)23-18(19(12)21(25)27-3)11-28-20(24)15-9-8-13(26-2)10-16(15)22/h4-10H,11H2,1-3H3. The largest absolute Gasteiger partial charge is 0.497 e. The van der Waals surface area contributed by atoms with Crippen molar-refractivity contribution in [3.05, 3.63) is 70.7 Å². The van der Waals surface area contributed by atoms with Crippen LogP contribution in [0.2, 0.25) is 0 Å². The number of methoxy groups -OCH3 is 2. The topological polar surface area (TPSA) is 74.7 Å². The minimum absolute atomic E-state index is 0.226. The summed E-state index contributed by atoms with van der Waals surface area (Å²) in [5, 5.41) is 0.791. The molecule has 6 nitrogen and oxygen atoms in total. The van der Waals surface area contributed by atoms with E-state index in [2.05, 4.69) is 4.98 Å². The normalized spacial score (nSPS) is 10.6. The van der Waals surface area contributed by atoms with Crippen LogP contribution in [0.15, 0.2) is 42.5 Å². The first-order valence-corrected chi connectivity index (χ1v) is 8.43. The maximum atomic E-state index is 14.1. The number of hydrogen-bond acceptors (Lipinski definition) is 6. The lowest BCUT2D eigenvalue weighted by Gasteiger charge is -2.13. The molecule has 0 atom stereocenters. The Morgan fingerprint density at radius 1 is 1.07 bits per heavy atom. The zero-order chi connectivity index (χ0) is 20.3. The number of aromatic nitrogens is 1. The van der Waals surface area contributed by atoms with Crippen LogP contribution in [0.4, 0.5) is 4.39 Å². The maximum absolute atomic E-state index is 14.1. The zero-order valence-corrected chi connectivity index (χ0v) is 15.6. The van der Waals surface area contributed by atoms with Gasteiger partial charge in [-0.15, -0.1) is 0 Å². The van der Waals surface area contributed by atoms with Crippen LogP contribution in [0.5, 0.6) is 5.75 Å². The van der Waals surface area contributed by atoms with Crippen molar-refractivity contribution in [3.8, 4) is 5.75 Å². The molecular formula is C21H18FNO5. The summed E-state index contributed by atoms with van der Waals surface area (Å²) in [7, 11) is 2.66. The van der Waals surface area contributed by atoms with Gasteiger partial charge in [0.15, 0.2) is 0 Å². The molecule has 0 spiro atoms. The molecular weight excluding hydrogens is 365 g/mol. The average Bonchev–Trinajstić information content (AvgIpc) is 2.71. The Labute approximate surface area is 160 Å². The van der Waals surface area contributed by atoms with E-state index in [-0.39, 0.29) is 29.2 Å². The molecule has 2 aromatic carbocycles. The summed E-state index contributed by atoms with van der Waals surface area (Å²) < 4.78 is 29.1. The Morgan fingerprint density at radius 2 is 1.82 bits per heavy atom. The van der Waals surface area contributed by atoms with Gasteiger partial charge in [0.05, 0.1) is 36.6 Å². The van der Waals surface area contributed by atoms with Crippen LogP contribution >= 0.6 is 0 Å². The molecule has 0 saturated heterocycles. The summed E-state index contributed by atoms with van der Waals surface area (Å²) in [5.41, 5.74) is 1.54. The number of nitrogens with zero attached hydrogens (tertiary/aromatic N) is 1. The van der Waals surface area contributed by atoms with E-state index in [9.17, 15) is 14.0 Å². The number of halogens is 1. The van der Waals surface area contributed by atoms with Gasteiger partial charge in [0.25, 0.3) is 0 Å². The Balaban J connectivity index is 1.93. The molecule has 0 unspecified atom stereocenters. The molecule has 0 aliphatic rings. The number of carbonyl (C=O) groups is 2. The quantitative estimate of drug-likeness (QED) is 0.624. The fraction of sp³-hybridized carbons (Fsp3) is 0.190. The number of fused-ring (bicyclic) bond motifs is 1. The van der Waals surface area contributed by atoms with Gasteiger partial charge in [-0.25, -0.2) is 19.0 Å². The van der Waals surface area contributed by atoms with Crippen LogP contribution < -0.4 is 4.74 Å². The first kappa shape index (κ1) is 19.3. The van der Waals surface area contributed by atoms with Crippen molar-refractivity contribution in [1.82, 2.24) is 4.98 Å². The molecule has 0 amide bonds. The van der Waals surface area contributed by atoms with E-state index in [1.807, 2.05) is 18.2 Å². The molecule has 0 fully saturated rings. The number of pyridine rings is 1. The number of hydrogen-bond donors (Lipinski definition) is 0. The molecule has 7 heteroatoms. The van der Waals surface area contributed by atoms with Gasteiger partial charge < -0.3 is 14.2 Å².